The van der Waals surface area contributed by atoms with E-state index < -0.39 is 5.60 Å². The predicted molar refractivity (Wildman–Crippen MR) is 116 cm³/mol. The van der Waals surface area contributed by atoms with Gasteiger partial charge in [0.2, 0.25) is 0 Å². The second kappa shape index (κ2) is 8.68. The lowest BCUT2D eigenvalue weighted by Crippen LogP contribution is -2.56. The maximum atomic E-state index is 13.7. The number of rotatable bonds is 5. The Balaban J connectivity index is 1.80. The minimum absolute atomic E-state index is 0.0136. The van der Waals surface area contributed by atoms with E-state index in [0.29, 0.717) is 30.9 Å². The molecule has 0 aromatic heterocycles. The molecule has 0 bridgehead atoms. The smallest absolute Gasteiger partial charge is 0.258 e. The van der Waals surface area contributed by atoms with Crippen LogP contribution in [0.4, 0.5) is 0 Å². The molecule has 0 spiro atoms. The molecule has 2 aliphatic rings. The number of likely N-dealkylation sites (tertiary alicyclic amines) is 1. The van der Waals surface area contributed by atoms with Crippen LogP contribution < -0.4 is 9.47 Å². The monoisotopic (exact) mass is 409 g/mol. The van der Waals surface area contributed by atoms with Crippen molar-refractivity contribution in [3.63, 3.8) is 0 Å². The summed E-state index contributed by atoms with van der Waals surface area (Å²) >= 11 is 0. The molecule has 1 saturated carbocycles. The lowest BCUT2D eigenvalue weighted by molar-refractivity contribution is -0.115. The zero-order valence-electron chi connectivity index (χ0n) is 17.8. The highest BCUT2D eigenvalue weighted by atomic mass is 16.5. The van der Waals surface area contributed by atoms with Crippen LogP contribution in [0.25, 0.3) is 0 Å². The molecule has 2 fully saturated rings. The molecule has 2 aromatic carbocycles. The Morgan fingerprint density at radius 3 is 2.60 bits per heavy atom. The maximum Gasteiger partial charge on any atom is 0.258 e. The molecular formula is C25H31NO4. The topological polar surface area (TPSA) is 59.0 Å². The third-order valence-electron chi connectivity index (χ3n) is 6.70. The molecule has 5 nitrogen and oxygen atoms in total. The van der Waals surface area contributed by atoms with Crippen LogP contribution >= 0.6 is 0 Å². The third-order valence-corrected chi connectivity index (χ3v) is 6.70. The molecule has 1 saturated heterocycles. The first-order chi connectivity index (χ1) is 14.6. The lowest BCUT2D eigenvalue weighted by Gasteiger charge is -2.52. The number of ether oxygens (including phenoxy) is 2. The van der Waals surface area contributed by atoms with Gasteiger partial charge in [0.1, 0.15) is 11.5 Å². The molecule has 4 rings (SSSR count). The van der Waals surface area contributed by atoms with Crippen LogP contribution in [0, 0.1) is 5.92 Å². The molecule has 5 heteroatoms. The molecule has 1 amide bonds. The van der Waals surface area contributed by atoms with Gasteiger partial charge in [0.05, 0.1) is 30.9 Å². The van der Waals surface area contributed by atoms with Crippen molar-refractivity contribution in [1.29, 1.82) is 0 Å². The van der Waals surface area contributed by atoms with E-state index in [2.05, 4.69) is 0 Å². The fraction of sp³-hybridized carbons (Fsp3) is 0.480. The number of amides is 1. The minimum Gasteiger partial charge on any atom is -0.496 e. The number of fused-ring (bicyclic) bond motifs is 1. The van der Waals surface area contributed by atoms with Crippen LogP contribution in [-0.4, -0.2) is 41.8 Å². The van der Waals surface area contributed by atoms with Crippen LogP contribution in [0.3, 0.4) is 0 Å². The second-order valence-corrected chi connectivity index (χ2v) is 8.32. The zero-order valence-corrected chi connectivity index (χ0v) is 17.8. The van der Waals surface area contributed by atoms with E-state index in [1.54, 1.807) is 7.11 Å². The van der Waals surface area contributed by atoms with Crippen molar-refractivity contribution in [2.75, 3.05) is 20.3 Å². The summed E-state index contributed by atoms with van der Waals surface area (Å²) < 4.78 is 11.4. The Kier molecular flexibility index (Phi) is 6.00. The van der Waals surface area contributed by atoms with Gasteiger partial charge < -0.3 is 19.5 Å². The van der Waals surface area contributed by atoms with E-state index in [9.17, 15) is 9.90 Å². The fourth-order valence-corrected chi connectivity index (χ4v) is 5.28. The van der Waals surface area contributed by atoms with Crippen LogP contribution in [0.1, 0.15) is 61.0 Å². The molecule has 30 heavy (non-hydrogen) atoms. The molecule has 1 heterocycles. The summed E-state index contributed by atoms with van der Waals surface area (Å²) in [6.45, 7) is 3.03. The largest absolute Gasteiger partial charge is 0.496 e. The first kappa shape index (κ1) is 20.7. The Bertz CT molecular complexity index is 898. The highest BCUT2D eigenvalue weighted by molar-refractivity contribution is 5.97. The summed E-state index contributed by atoms with van der Waals surface area (Å²) in [5.41, 5.74) is 0.799. The molecule has 1 aliphatic heterocycles. The van der Waals surface area contributed by atoms with Gasteiger partial charge in [-0.05, 0) is 44.4 Å². The van der Waals surface area contributed by atoms with Gasteiger partial charge in [-0.1, -0.05) is 43.2 Å². The van der Waals surface area contributed by atoms with Crippen molar-refractivity contribution in [2.45, 2.75) is 50.7 Å². The molecule has 3 atom stereocenters. The van der Waals surface area contributed by atoms with Gasteiger partial charge in [0, 0.05) is 18.0 Å². The van der Waals surface area contributed by atoms with E-state index in [1.165, 1.54) is 0 Å². The summed E-state index contributed by atoms with van der Waals surface area (Å²) in [7, 11) is 1.59. The second-order valence-electron chi connectivity index (χ2n) is 8.32. The minimum atomic E-state index is -0.736. The molecule has 1 N–H and O–H groups in total. The first-order valence-electron chi connectivity index (χ1n) is 11.0. The van der Waals surface area contributed by atoms with Gasteiger partial charge in [0.25, 0.3) is 5.91 Å². The average molecular weight is 410 g/mol. The summed E-state index contributed by atoms with van der Waals surface area (Å²) in [5.74, 6) is 1.29. The number of carbonyl (C=O) groups excluding carboxylic acids is 1. The van der Waals surface area contributed by atoms with Crippen molar-refractivity contribution in [3.8, 4) is 11.5 Å². The van der Waals surface area contributed by atoms with Gasteiger partial charge in [-0.2, -0.15) is 0 Å². The van der Waals surface area contributed by atoms with Gasteiger partial charge in [-0.3, -0.25) is 4.79 Å². The number of piperidine rings is 1. The fourth-order valence-electron chi connectivity index (χ4n) is 5.28. The van der Waals surface area contributed by atoms with Crippen molar-refractivity contribution in [3.05, 3.63) is 59.7 Å². The summed E-state index contributed by atoms with van der Waals surface area (Å²) in [5, 5.41) is 11.5. The summed E-state index contributed by atoms with van der Waals surface area (Å²) in [6.07, 6.45) is 4.40. The van der Waals surface area contributed by atoms with E-state index >= 15 is 0 Å². The number of aliphatic hydroxyl groups is 1. The normalized spacial score (nSPS) is 26.0. The van der Waals surface area contributed by atoms with Crippen LogP contribution in [0.5, 0.6) is 11.5 Å². The number of nitrogens with zero attached hydrogens (tertiary/aromatic N) is 1. The third kappa shape index (κ3) is 3.67. The van der Waals surface area contributed by atoms with Gasteiger partial charge in [0.15, 0.2) is 0 Å². The van der Waals surface area contributed by atoms with Crippen molar-refractivity contribution >= 4 is 5.91 Å². The molecule has 0 unspecified atom stereocenters. The Morgan fingerprint density at radius 1 is 1.10 bits per heavy atom. The Labute approximate surface area is 178 Å². The number of carbonyl (C=O) groups is 1. The van der Waals surface area contributed by atoms with E-state index in [0.717, 1.165) is 37.0 Å². The van der Waals surface area contributed by atoms with E-state index in [-0.39, 0.29) is 17.9 Å². The lowest BCUT2D eigenvalue weighted by atomic mass is 9.66. The number of hydrogen-bond acceptors (Lipinski definition) is 4. The predicted octanol–water partition coefficient (Wildman–Crippen LogP) is 4.60. The van der Waals surface area contributed by atoms with Gasteiger partial charge >= 0.3 is 0 Å². The Morgan fingerprint density at radius 2 is 1.83 bits per heavy atom. The van der Waals surface area contributed by atoms with E-state index in [1.807, 2.05) is 60.4 Å². The number of methoxy groups -OCH3 is 1. The van der Waals surface area contributed by atoms with Gasteiger partial charge in [-0.25, -0.2) is 0 Å². The molecule has 0 radical (unpaired) electrons. The Hall–Kier alpha value is -2.53. The summed E-state index contributed by atoms with van der Waals surface area (Å²) in [6, 6.07) is 15.1. The molecule has 2 aromatic rings. The van der Waals surface area contributed by atoms with Crippen molar-refractivity contribution in [1.82, 2.24) is 4.90 Å². The maximum absolute atomic E-state index is 13.7. The number of hydrogen-bond donors (Lipinski definition) is 1. The van der Waals surface area contributed by atoms with Crippen LogP contribution in [-0.2, 0) is 0 Å². The summed E-state index contributed by atoms with van der Waals surface area (Å²) in [4.78, 5) is 15.7. The number of para-hydroxylation sites is 2. The molecular weight excluding hydrogens is 378 g/mol. The number of benzene rings is 2. The first-order valence-corrected chi connectivity index (χ1v) is 11.0. The van der Waals surface area contributed by atoms with Crippen molar-refractivity contribution in [2.24, 2.45) is 5.92 Å². The average Bonchev–Trinajstić information content (AvgIpc) is 2.78. The van der Waals surface area contributed by atoms with E-state index in [4.69, 9.17) is 9.47 Å². The highest BCUT2D eigenvalue weighted by Gasteiger charge is 2.51. The van der Waals surface area contributed by atoms with Crippen LogP contribution in [0.15, 0.2) is 48.5 Å². The molecule has 1 aliphatic carbocycles. The van der Waals surface area contributed by atoms with Gasteiger partial charge in [-0.15, -0.1) is 0 Å². The molecule has 160 valence electrons. The highest BCUT2D eigenvalue weighted by Crippen LogP contribution is 2.51. The SMILES string of the molecule is CCOc1ccccc1[C@H]1[C@H]2CCCC[C@@]2(O)CCN1C(=O)c1ccccc1OC. The van der Waals surface area contributed by atoms with Crippen molar-refractivity contribution < 1.29 is 19.4 Å². The van der Waals surface area contributed by atoms with Crippen LogP contribution in [0.2, 0.25) is 0 Å². The zero-order chi connectivity index (χ0) is 21.1. The quantitative estimate of drug-likeness (QED) is 0.784. The standard InChI is InChI=1S/C25H31NO4/c1-3-30-22-14-7-4-10-18(22)23-20-12-8-9-15-25(20,28)16-17-26(23)24(27)19-11-5-6-13-21(19)29-2/h4-7,10-11,13-14,20,23,28H,3,8-9,12,15-17H2,1-2H3/t20-,23+,25-/m1/s1.